The summed E-state index contributed by atoms with van der Waals surface area (Å²) in [6.07, 6.45) is 7.72. The Bertz CT molecular complexity index is 648. The Kier molecular flexibility index (Phi) is 5.82. The molecule has 2 aliphatic rings. The molecule has 1 aromatic rings. The van der Waals surface area contributed by atoms with Gasteiger partial charge in [-0.1, -0.05) is 51.3 Å². The molecule has 5 heteroatoms. The second-order valence-electron chi connectivity index (χ2n) is 7.47. The number of nitroso groups, excluding NO2 is 1. The van der Waals surface area contributed by atoms with E-state index in [1.165, 1.54) is 49.4 Å². The summed E-state index contributed by atoms with van der Waals surface area (Å²) in [5, 5.41) is 4.19. The Morgan fingerprint density at radius 3 is 2.56 bits per heavy atom. The minimum atomic E-state index is 0.324. The summed E-state index contributed by atoms with van der Waals surface area (Å²) in [5.41, 5.74) is 2.77. The Hall–Kier alpha value is -1.36. The monoisotopic (exact) mass is 359 g/mol. The van der Waals surface area contributed by atoms with Crippen LogP contribution in [-0.4, -0.2) is 27.9 Å². The third-order valence-electron chi connectivity index (χ3n) is 5.91. The maximum atomic E-state index is 10.7. The second-order valence-corrected chi connectivity index (χ2v) is 8.41. The van der Waals surface area contributed by atoms with E-state index < -0.39 is 0 Å². The summed E-state index contributed by atoms with van der Waals surface area (Å²) in [7, 11) is 0. The molecule has 1 aliphatic heterocycles. The van der Waals surface area contributed by atoms with Crippen LogP contribution in [-0.2, 0) is 0 Å². The van der Waals surface area contributed by atoms with Crippen LogP contribution in [0.2, 0.25) is 0 Å². The number of hydrogen-bond acceptors (Lipinski definition) is 4. The first-order valence-electron chi connectivity index (χ1n) is 9.55. The van der Waals surface area contributed by atoms with Crippen molar-refractivity contribution in [1.29, 1.82) is 0 Å². The summed E-state index contributed by atoms with van der Waals surface area (Å²) in [4.78, 5) is 18.4. The average molecular weight is 360 g/mol. The standard InChI is InChI=1S/C20H29N3OS/c1-4-16(5-2)13-23-19(25-14-20(23)10-6-7-11-20)21-18-9-8-17(22-24)12-15(18)3/h8-9,12,16H,4-7,10-11,13-14H2,1-3H3. The molecule has 1 spiro atoms. The average Bonchev–Trinajstić information content (AvgIpc) is 3.23. The number of hydrogen-bond donors (Lipinski definition) is 0. The zero-order chi connectivity index (χ0) is 17.9. The highest BCUT2D eigenvalue weighted by Gasteiger charge is 2.46. The van der Waals surface area contributed by atoms with E-state index in [0.717, 1.165) is 23.7 Å². The fraction of sp³-hybridized carbons (Fsp3) is 0.650. The molecule has 136 valence electrons. The first kappa shape index (κ1) is 18.4. The van der Waals surface area contributed by atoms with Crippen LogP contribution in [0.5, 0.6) is 0 Å². The van der Waals surface area contributed by atoms with E-state index in [4.69, 9.17) is 4.99 Å². The van der Waals surface area contributed by atoms with Crippen molar-refractivity contribution in [3.05, 3.63) is 28.7 Å². The Morgan fingerprint density at radius 1 is 1.24 bits per heavy atom. The van der Waals surface area contributed by atoms with Gasteiger partial charge >= 0.3 is 0 Å². The van der Waals surface area contributed by atoms with Crippen molar-refractivity contribution in [2.45, 2.75) is 64.8 Å². The maximum Gasteiger partial charge on any atom is 0.164 e. The topological polar surface area (TPSA) is 45.0 Å². The lowest BCUT2D eigenvalue weighted by molar-refractivity contribution is 0.185. The molecule has 25 heavy (non-hydrogen) atoms. The SMILES string of the molecule is CCC(CC)CN1C(=Nc2ccc(N=O)cc2C)SCC12CCCC2. The molecule has 0 bridgehead atoms. The molecular formula is C20H29N3OS. The fourth-order valence-electron chi connectivity index (χ4n) is 4.10. The van der Waals surface area contributed by atoms with E-state index in [1.807, 2.05) is 30.8 Å². The molecule has 2 fully saturated rings. The van der Waals surface area contributed by atoms with Crippen molar-refractivity contribution < 1.29 is 0 Å². The van der Waals surface area contributed by atoms with Crippen molar-refractivity contribution in [1.82, 2.24) is 4.90 Å². The largest absolute Gasteiger partial charge is 0.344 e. The molecule has 0 radical (unpaired) electrons. The fourth-order valence-corrected chi connectivity index (χ4v) is 5.53. The molecule has 0 aromatic heterocycles. The van der Waals surface area contributed by atoms with Gasteiger partial charge in [-0.3, -0.25) is 0 Å². The highest BCUT2D eigenvalue weighted by Crippen LogP contribution is 2.46. The van der Waals surface area contributed by atoms with Gasteiger partial charge in [-0.15, -0.1) is 4.91 Å². The summed E-state index contributed by atoms with van der Waals surface area (Å²) in [6.45, 7) is 7.71. The van der Waals surface area contributed by atoms with Crippen LogP contribution < -0.4 is 0 Å². The molecule has 1 heterocycles. The molecule has 0 N–H and O–H groups in total. The smallest absolute Gasteiger partial charge is 0.164 e. The van der Waals surface area contributed by atoms with Crippen molar-refractivity contribution >= 4 is 28.3 Å². The Morgan fingerprint density at radius 2 is 1.96 bits per heavy atom. The lowest BCUT2D eigenvalue weighted by atomic mass is 9.95. The number of benzene rings is 1. The highest BCUT2D eigenvalue weighted by molar-refractivity contribution is 8.14. The predicted molar refractivity (Wildman–Crippen MR) is 108 cm³/mol. The number of aliphatic imine (C=N–C) groups is 1. The Balaban J connectivity index is 1.91. The lowest BCUT2D eigenvalue weighted by Crippen LogP contribution is -2.47. The number of thioether (sulfide) groups is 1. The molecule has 0 unspecified atom stereocenters. The van der Waals surface area contributed by atoms with Gasteiger partial charge < -0.3 is 4.90 Å². The van der Waals surface area contributed by atoms with E-state index >= 15 is 0 Å². The molecule has 0 atom stereocenters. The molecule has 1 aromatic carbocycles. The number of nitrogens with zero attached hydrogens (tertiary/aromatic N) is 3. The summed E-state index contributed by atoms with van der Waals surface area (Å²) < 4.78 is 0. The molecule has 4 nitrogen and oxygen atoms in total. The van der Waals surface area contributed by atoms with Crippen molar-refractivity contribution in [2.24, 2.45) is 16.1 Å². The third-order valence-corrected chi connectivity index (χ3v) is 7.16. The number of amidine groups is 1. The molecule has 1 saturated heterocycles. The number of aryl methyl sites for hydroxylation is 1. The molecule has 1 saturated carbocycles. The molecule has 1 aliphatic carbocycles. The van der Waals surface area contributed by atoms with Gasteiger partial charge in [-0.25, -0.2) is 4.99 Å². The minimum Gasteiger partial charge on any atom is -0.344 e. The predicted octanol–water partition coefficient (Wildman–Crippen LogP) is 6.18. The van der Waals surface area contributed by atoms with Gasteiger partial charge in [0, 0.05) is 12.3 Å². The first-order valence-corrected chi connectivity index (χ1v) is 10.5. The van der Waals surface area contributed by atoms with Crippen molar-refractivity contribution in [2.75, 3.05) is 12.3 Å². The maximum absolute atomic E-state index is 10.7. The summed E-state index contributed by atoms with van der Waals surface area (Å²) in [6, 6.07) is 5.51. The van der Waals surface area contributed by atoms with Gasteiger partial charge in [-0.05, 0) is 54.6 Å². The number of rotatable bonds is 6. The van der Waals surface area contributed by atoms with E-state index in [9.17, 15) is 4.91 Å². The summed E-state index contributed by atoms with van der Waals surface area (Å²) in [5.74, 6) is 1.89. The second kappa shape index (κ2) is 7.90. The van der Waals surface area contributed by atoms with Gasteiger partial charge in [0.2, 0.25) is 0 Å². The molecule has 3 rings (SSSR count). The quantitative estimate of drug-likeness (QED) is 0.570. The van der Waals surface area contributed by atoms with Crippen molar-refractivity contribution in [3.63, 3.8) is 0 Å². The lowest BCUT2D eigenvalue weighted by Gasteiger charge is -2.38. The Labute approximate surface area is 155 Å². The van der Waals surface area contributed by atoms with E-state index in [1.54, 1.807) is 6.07 Å². The summed E-state index contributed by atoms with van der Waals surface area (Å²) >= 11 is 1.91. The van der Waals surface area contributed by atoms with Gasteiger partial charge in [0.1, 0.15) is 5.69 Å². The van der Waals surface area contributed by atoms with Crippen LogP contribution in [0.4, 0.5) is 11.4 Å². The van der Waals surface area contributed by atoms with Crippen LogP contribution in [0.25, 0.3) is 0 Å². The molecular weight excluding hydrogens is 330 g/mol. The van der Waals surface area contributed by atoms with Gasteiger partial charge in [0.15, 0.2) is 5.17 Å². The third kappa shape index (κ3) is 3.76. The van der Waals surface area contributed by atoms with Crippen LogP contribution in [0.15, 0.2) is 28.4 Å². The van der Waals surface area contributed by atoms with Gasteiger partial charge in [0.25, 0.3) is 0 Å². The zero-order valence-corrected chi connectivity index (χ0v) is 16.4. The van der Waals surface area contributed by atoms with Crippen LogP contribution >= 0.6 is 11.8 Å². The van der Waals surface area contributed by atoms with E-state index in [-0.39, 0.29) is 0 Å². The van der Waals surface area contributed by atoms with Crippen molar-refractivity contribution in [3.8, 4) is 0 Å². The van der Waals surface area contributed by atoms with Gasteiger partial charge in [-0.2, -0.15) is 0 Å². The van der Waals surface area contributed by atoms with E-state index in [2.05, 4.69) is 23.9 Å². The first-order chi connectivity index (χ1) is 12.1. The van der Waals surface area contributed by atoms with E-state index in [0.29, 0.717) is 11.2 Å². The zero-order valence-electron chi connectivity index (χ0n) is 15.6. The van der Waals surface area contributed by atoms with Crippen LogP contribution in [0.3, 0.4) is 0 Å². The van der Waals surface area contributed by atoms with Crippen LogP contribution in [0.1, 0.15) is 57.9 Å². The minimum absolute atomic E-state index is 0.324. The molecule has 0 amide bonds. The van der Waals surface area contributed by atoms with Gasteiger partial charge in [0.05, 0.1) is 11.2 Å². The van der Waals surface area contributed by atoms with Crippen LogP contribution in [0, 0.1) is 17.7 Å². The highest BCUT2D eigenvalue weighted by atomic mass is 32.2. The normalized spacial score (nSPS) is 21.0.